The Kier molecular flexibility index (Phi) is 5.09. The molecule has 2 heterocycles. The van der Waals surface area contributed by atoms with Gasteiger partial charge in [-0.05, 0) is 37.6 Å². The predicted octanol–water partition coefficient (Wildman–Crippen LogP) is 3.27. The molecule has 5 nitrogen and oxygen atoms in total. The molecule has 1 fully saturated rings. The van der Waals surface area contributed by atoms with E-state index in [4.69, 9.17) is 10.2 Å². The van der Waals surface area contributed by atoms with Crippen LogP contribution in [0.1, 0.15) is 16.9 Å². The fourth-order valence-corrected chi connectivity index (χ4v) is 4.00. The van der Waals surface area contributed by atoms with Crippen LogP contribution in [-0.2, 0) is 11.2 Å². The third-order valence-corrected chi connectivity index (χ3v) is 5.50. The number of aryl methyl sites for hydroxylation is 2. The Morgan fingerprint density at radius 1 is 1.07 bits per heavy atom. The molecule has 2 aromatic carbocycles. The molecule has 1 aromatic heterocycles. The van der Waals surface area contributed by atoms with E-state index in [0.717, 1.165) is 29.8 Å². The second kappa shape index (κ2) is 7.68. The average Bonchev–Trinajstić information content (AvgIpc) is 3.10. The summed E-state index contributed by atoms with van der Waals surface area (Å²) < 4.78 is 5.81. The molecule has 1 unspecified atom stereocenters. The van der Waals surface area contributed by atoms with Gasteiger partial charge in [-0.25, -0.2) is 0 Å². The average molecular weight is 377 g/mol. The SMILES string of the molecule is Cc1ccc(N2CCN(C(=O)C(N)Cc3cc4ccccc4o3)CC2)c(C)c1. The van der Waals surface area contributed by atoms with Crippen molar-refractivity contribution < 1.29 is 9.21 Å². The number of rotatable bonds is 4. The van der Waals surface area contributed by atoms with Crippen LogP contribution < -0.4 is 10.6 Å². The summed E-state index contributed by atoms with van der Waals surface area (Å²) >= 11 is 0. The van der Waals surface area contributed by atoms with Gasteiger partial charge in [-0.1, -0.05) is 35.9 Å². The van der Waals surface area contributed by atoms with Crippen molar-refractivity contribution in [3.8, 4) is 0 Å². The first kappa shape index (κ1) is 18.6. The Morgan fingerprint density at radius 3 is 2.54 bits per heavy atom. The number of benzene rings is 2. The van der Waals surface area contributed by atoms with Gasteiger partial charge in [0.05, 0.1) is 6.04 Å². The van der Waals surface area contributed by atoms with Gasteiger partial charge in [-0.3, -0.25) is 4.79 Å². The Morgan fingerprint density at radius 2 is 1.82 bits per heavy atom. The molecule has 2 N–H and O–H groups in total. The van der Waals surface area contributed by atoms with E-state index in [1.165, 1.54) is 16.8 Å². The second-order valence-corrected chi connectivity index (χ2v) is 7.66. The highest BCUT2D eigenvalue weighted by Crippen LogP contribution is 2.23. The number of nitrogens with zero attached hydrogens (tertiary/aromatic N) is 2. The van der Waals surface area contributed by atoms with Gasteiger partial charge in [0.15, 0.2) is 0 Å². The largest absolute Gasteiger partial charge is 0.461 e. The lowest BCUT2D eigenvalue weighted by atomic mass is 10.1. The molecule has 0 spiro atoms. The number of furan rings is 1. The maximum Gasteiger partial charge on any atom is 0.240 e. The van der Waals surface area contributed by atoms with Crippen LogP contribution in [0.15, 0.2) is 52.9 Å². The number of anilines is 1. The summed E-state index contributed by atoms with van der Waals surface area (Å²) in [7, 11) is 0. The molecular weight excluding hydrogens is 350 g/mol. The van der Waals surface area contributed by atoms with Crippen LogP contribution in [0.3, 0.4) is 0 Å². The third kappa shape index (κ3) is 3.76. The molecule has 0 radical (unpaired) electrons. The summed E-state index contributed by atoms with van der Waals surface area (Å²) in [5.41, 5.74) is 10.9. The standard InChI is InChI=1S/C23H27N3O2/c1-16-7-8-21(17(2)13-16)25-9-11-26(12-10-25)23(27)20(24)15-19-14-18-5-3-4-6-22(18)28-19/h3-8,13-14,20H,9-12,15,24H2,1-2H3. The van der Waals surface area contributed by atoms with Crippen LogP contribution in [0.4, 0.5) is 5.69 Å². The Bertz CT molecular complexity index is 953. The summed E-state index contributed by atoms with van der Waals surface area (Å²) in [6.45, 7) is 7.29. The van der Waals surface area contributed by atoms with Crippen molar-refractivity contribution in [2.75, 3.05) is 31.1 Å². The van der Waals surface area contributed by atoms with Crippen LogP contribution in [0.2, 0.25) is 0 Å². The van der Waals surface area contributed by atoms with Crippen molar-refractivity contribution in [2.24, 2.45) is 5.73 Å². The van der Waals surface area contributed by atoms with Crippen LogP contribution in [0.25, 0.3) is 11.0 Å². The highest BCUT2D eigenvalue weighted by molar-refractivity contribution is 5.83. The van der Waals surface area contributed by atoms with Gasteiger partial charge < -0.3 is 20.0 Å². The van der Waals surface area contributed by atoms with Crippen LogP contribution in [-0.4, -0.2) is 43.0 Å². The topological polar surface area (TPSA) is 62.7 Å². The van der Waals surface area contributed by atoms with Crippen molar-refractivity contribution in [1.29, 1.82) is 0 Å². The maximum atomic E-state index is 12.8. The van der Waals surface area contributed by atoms with Crippen molar-refractivity contribution >= 4 is 22.6 Å². The number of nitrogens with two attached hydrogens (primary N) is 1. The van der Waals surface area contributed by atoms with Gasteiger partial charge >= 0.3 is 0 Å². The van der Waals surface area contributed by atoms with Crippen molar-refractivity contribution in [1.82, 2.24) is 4.90 Å². The zero-order valence-electron chi connectivity index (χ0n) is 16.5. The minimum absolute atomic E-state index is 0.000680. The van der Waals surface area contributed by atoms with E-state index in [0.29, 0.717) is 19.5 Å². The van der Waals surface area contributed by atoms with Gasteiger partial charge in [0.1, 0.15) is 11.3 Å². The molecule has 0 aliphatic carbocycles. The molecule has 3 aromatic rings. The predicted molar refractivity (Wildman–Crippen MR) is 113 cm³/mol. The lowest BCUT2D eigenvalue weighted by Gasteiger charge is -2.37. The molecule has 1 amide bonds. The molecule has 28 heavy (non-hydrogen) atoms. The van der Waals surface area contributed by atoms with Gasteiger partial charge in [0, 0.05) is 43.7 Å². The number of carbonyl (C=O) groups is 1. The van der Waals surface area contributed by atoms with E-state index in [1.54, 1.807) is 0 Å². The molecular formula is C23H27N3O2. The van der Waals surface area contributed by atoms with E-state index < -0.39 is 6.04 Å². The summed E-state index contributed by atoms with van der Waals surface area (Å²) in [6.07, 6.45) is 0.421. The minimum atomic E-state index is -0.576. The zero-order valence-corrected chi connectivity index (χ0v) is 16.5. The van der Waals surface area contributed by atoms with Gasteiger partial charge in [0.25, 0.3) is 0 Å². The highest BCUT2D eigenvalue weighted by atomic mass is 16.3. The lowest BCUT2D eigenvalue weighted by molar-refractivity contribution is -0.132. The second-order valence-electron chi connectivity index (χ2n) is 7.66. The Hall–Kier alpha value is -2.79. The lowest BCUT2D eigenvalue weighted by Crippen LogP contribution is -2.53. The first-order chi connectivity index (χ1) is 13.5. The molecule has 1 aliphatic rings. The quantitative estimate of drug-likeness (QED) is 0.758. The van der Waals surface area contributed by atoms with Gasteiger partial charge in [0.2, 0.25) is 5.91 Å². The van der Waals surface area contributed by atoms with E-state index in [9.17, 15) is 4.79 Å². The number of para-hydroxylation sites is 1. The molecule has 1 atom stereocenters. The van der Waals surface area contributed by atoms with Crippen LogP contribution >= 0.6 is 0 Å². The van der Waals surface area contributed by atoms with Crippen molar-refractivity contribution in [3.63, 3.8) is 0 Å². The number of fused-ring (bicyclic) bond motifs is 1. The fourth-order valence-electron chi connectivity index (χ4n) is 4.00. The first-order valence-electron chi connectivity index (χ1n) is 9.85. The summed E-state index contributed by atoms with van der Waals surface area (Å²) in [5.74, 6) is 0.761. The molecule has 1 saturated heterocycles. The third-order valence-electron chi connectivity index (χ3n) is 5.50. The summed E-state index contributed by atoms with van der Waals surface area (Å²) in [5, 5.41) is 1.04. The fraction of sp³-hybridized carbons (Fsp3) is 0.348. The molecule has 1 aliphatic heterocycles. The number of piperazine rings is 1. The number of carbonyl (C=O) groups excluding carboxylic acids is 1. The molecule has 146 valence electrons. The monoisotopic (exact) mass is 377 g/mol. The molecule has 4 rings (SSSR count). The molecule has 0 saturated carbocycles. The number of hydrogen-bond acceptors (Lipinski definition) is 4. The highest BCUT2D eigenvalue weighted by Gasteiger charge is 2.26. The van der Waals surface area contributed by atoms with E-state index in [1.807, 2.05) is 35.2 Å². The van der Waals surface area contributed by atoms with E-state index in [-0.39, 0.29) is 5.91 Å². The minimum Gasteiger partial charge on any atom is -0.461 e. The smallest absolute Gasteiger partial charge is 0.240 e. The van der Waals surface area contributed by atoms with Gasteiger partial charge in [-0.15, -0.1) is 0 Å². The Balaban J connectivity index is 1.36. The summed E-state index contributed by atoms with van der Waals surface area (Å²) in [6, 6.07) is 15.8. The summed E-state index contributed by atoms with van der Waals surface area (Å²) in [4.78, 5) is 17.0. The number of hydrogen-bond donors (Lipinski definition) is 1. The Labute approximate surface area is 165 Å². The van der Waals surface area contributed by atoms with Gasteiger partial charge in [-0.2, -0.15) is 0 Å². The van der Waals surface area contributed by atoms with Crippen molar-refractivity contribution in [3.05, 3.63) is 65.4 Å². The maximum absolute atomic E-state index is 12.8. The van der Waals surface area contributed by atoms with E-state index >= 15 is 0 Å². The normalized spacial score (nSPS) is 15.8. The van der Waals surface area contributed by atoms with Crippen LogP contribution in [0, 0.1) is 13.8 Å². The van der Waals surface area contributed by atoms with Crippen LogP contribution in [0.5, 0.6) is 0 Å². The molecule has 0 bridgehead atoms. The first-order valence-corrected chi connectivity index (χ1v) is 9.85. The van der Waals surface area contributed by atoms with Crippen molar-refractivity contribution in [2.45, 2.75) is 26.3 Å². The molecule has 5 heteroatoms. The number of amides is 1. The van der Waals surface area contributed by atoms with E-state index in [2.05, 4.69) is 36.9 Å². The zero-order chi connectivity index (χ0) is 19.7.